The molecule has 4 heteroatoms. The van der Waals surface area contributed by atoms with E-state index < -0.39 is 0 Å². The average molecular weight is 306 g/mol. The Bertz CT molecular complexity index is 582. The van der Waals surface area contributed by atoms with Gasteiger partial charge in [0.15, 0.2) is 0 Å². The fourth-order valence-electron chi connectivity index (χ4n) is 2.02. The Morgan fingerprint density at radius 1 is 1.10 bits per heavy atom. The molecule has 0 saturated carbocycles. The van der Waals surface area contributed by atoms with E-state index in [9.17, 15) is 0 Å². The summed E-state index contributed by atoms with van der Waals surface area (Å²) in [5.74, 6) is 2.18. The highest BCUT2D eigenvalue weighted by Gasteiger charge is 2.06. The zero-order valence-electron chi connectivity index (χ0n) is 12.3. The van der Waals surface area contributed by atoms with Crippen molar-refractivity contribution in [2.24, 2.45) is 5.73 Å². The summed E-state index contributed by atoms with van der Waals surface area (Å²) in [5, 5.41) is 0.585. The third kappa shape index (κ3) is 4.66. The lowest BCUT2D eigenvalue weighted by Crippen LogP contribution is -2.17. The van der Waals surface area contributed by atoms with Gasteiger partial charge in [-0.05, 0) is 62.2 Å². The lowest BCUT2D eigenvalue weighted by molar-refractivity contribution is 0.339. The summed E-state index contributed by atoms with van der Waals surface area (Å²) in [7, 11) is 0. The van der Waals surface area contributed by atoms with E-state index in [1.165, 1.54) is 0 Å². The number of halogens is 1. The molecule has 0 aliphatic heterocycles. The van der Waals surface area contributed by atoms with Crippen LogP contribution in [0.4, 0.5) is 0 Å². The van der Waals surface area contributed by atoms with Crippen LogP contribution in [0.25, 0.3) is 0 Å². The number of ether oxygens (including phenoxy) is 2. The van der Waals surface area contributed by atoms with Gasteiger partial charge in [0, 0.05) is 6.04 Å². The Labute approximate surface area is 130 Å². The highest BCUT2D eigenvalue weighted by atomic mass is 35.5. The third-order valence-electron chi connectivity index (χ3n) is 2.92. The molecule has 0 aliphatic rings. The molecule has 3 nitrogen and oxygen atoms in total. The van der Waals surface area contributed by atoms with Gasteiger partial charge in [0.2, 0.25) is 0 Å². The van der Waals surface area contributed by atoms with E-state index in [0.717, 1.165) is 23.5 Å². The van der Waals surface area contributed by atoms with Crippen LogP contribution in [-0.2, 0) is 6.42 Å². The Hall–Kier alpha value is -1.71. The maximum Gasteiger partial charge on any atom is 0.146 e. The smallest absolute Gasteiger partial charge is 0.146 e. The van der Waals surface area contributed by atoms with Crippen LogP contribution in [0.3, 0.4) is 0 Å². The second-order valence-corrected chi connectivity index (χ2v) is 5.36. The highest BCUT2D eigenvalue weighted by Crippen LogP contribution is 2.31. The van der Waals surface area contributed by atoms with E-state index in [-0.39, 0.29) is 6.04 Å². The highest BCUT2D eigenvalue weighted by molar-refractivity contribution is 6.32. The van der Waals surface area contributed by atoms with E-state index in [2.05, 4.69) is 0 Å². The Kier molecular flexibility index (Phi) is 5.48. The molecule has 1 unspecified atom stereocenters. The summed E-state index contributed by atoms with van der Waals surface area (Å²) >= 11 is 6.25. The Morgan fingerprint density at radius 2 is 1.76 bits per heavy atom. The molecule has 1 atom stereocenters. The molecule has 112 valence electrons. The molecule has 0 amide bonds. The van der Waals surface area contributed by atoms with E-state index in [0.29, 0.717) is 17.4 Å². The van der Waals surface area contributed by atoms with Crippen LogP contribution in [-0.4, -0.2) is 12.6 Å². The fraction of sp³-hybridized carbons (Fsp3) is 0.294. The summed E-state index contributed by atoms with van der Waals surface area (Å²) in [6.07, 6.45) is 0.795. The van der Waals surface area contributed by atoms with Crippen LogP contribution < -0.4 is 15.2 Å². The minimum absolute atomic E-state index is 0.110. The van der Waals surface area contributed by atoms with E-state index in [4.69, 9.17) is 26.8 Å². The van der Waals surface area contributed by atoms with Crippen LogP contribution >= 0.6 is 11.6 Å². The Balaban J connectivity index is 2.08. The van der Waals surface area contributed by atoms with Crippen molar-refractivity contribution in [2.45, 2.75) is 26.3 Å². The topological polar surface area (TPSA) is 44.5 Å². The van der Waals surface area contributed by atoms with Crippen molar-refractivity contribution >= 4 is 11.6 Å². The molecule has 0 aromatic heterocycles. The number of hydrogen-bond donors (Lipinski definition) is 1. The quantitative estimate of drug-likeness (QED) is 0.859. The lowest BCUT2D eigenvalue weighted by Gasteiger charge is -2.11. The number of nitrogens with two attached hydrogens (primary N) is 1. The van der Waals surface area contributed by atoms with Gasteiger partial charge in [0.1, 0.15) is 17.2 Å². The van der Waals surface area contributed by atoms with Crippen LogP contribution in [0.1, 0.15) is 19.4 Å². The van der Waals surface area contributed by atoms with Gasteiger partial charge in [0.25, 0.3) is 0 Å². The standard InChI is InChI=1S/C17H20ClNO2/c1-3-20-14-5-7-15(8-6-14)21-17-9-4-13(10-12(2)19)11-16(17)18/h4-9,11-12H,3,10,19H2,1-2H3. The second-order valence-electron chi connectivity index (χ2n) is 4.95. The number of rotatable bonds is 6. The first-order chi connectivity index (χ1) is 10.1. The lowest BCUT2D eigenvalue weighted by atomic mass is 10.1. The summed E-state index contributed by atoms with van der Waals surface area (Å²) in [4.78, 5) is 0. The molecular formula is C17H20ClNO2. The molecule has 0 spiro atoms. The molecule has 0 heterocycles. The van der Waals surface area contributed by atoms with Crippen molar-refractivity contribution in [1.29, 1.82) is 0 Å². The molecule has 2 N–H and O–H groups in total. The number of benzene rings is 2. The molecule has 2 aromatic rings. The number of hydrogen-bond acceptors (Lipinski definition) is 3. The minimum atomic E-state index is 0.110. The van der Waals surface area contributed by atoms with Crippen molar-refractivity contribution < 1.29 is 9.47 Å². The zero-order chi connectivity index (χ0) is 15.2. The third-order valence-corrected chi connectivity index (χ3v) is 3.21. The fourth-order valence-corrected chi connectivity index (χ4v) is 2.27. The van der Waals surface area contributed by atoms with E-state index in [1.54, 1.807) is 0 Å². The average Bonchev–Trinajstić information content (AvgIpc) is 2.43. The minimum Gasteiger partial charge on any atom is -0.494 e. The normalized spacial score (nSPS) is 12.0. The van der Waals surface area contributed by atoms with Crippen molar-refractivity contribution in [3.63, 3.8) is 0 Å². The van der Waals surface area contributed by atoms with Crippen LogP contribution in [0.5, 0.6) is 17.2 Å². The van der Waals surface area contributed by atoms with Crippen LogP contribution in [0.15, 0.2) is 42.5 Å². The van der Waals surface area contributed by atoms with Crippen molar-refractivity contribution in [1.82, 2.24) is 0 Å². The molecule has 21 heavy (non-hydrogen) atoms. The van der Waals surface area contributed by atoms with Gasteiger partial charge in [-0.2, -0.15) is 0 Å². The molecule has 0 fully saturated rings. The summed E-state index contributed by atoms with van der Waals surface area (Å²) < 4.78 is 11.2. The summed E-state index contributed by atoms with van der Waals surface area (Å²) in [5.41, 5.74) is 6.89. The molecule has 0 saturated heterocycles. The van der Waals surface area contributed by atoms with Gasteiger partial charge in [-0.15, -0.1) is 0 Å². The first-order valence-corrected chi connectivity index (χ1v) is 7.41. The van der Waals surface area contributed by atoms with Crippen molar-refractivity contribution in [3.8, 4) is 17.2 Å². The zero-order valence-corrected chi connectivity index (χ0v) is 13.1. The molecular weight excluding hydrogens is 286 g/mol. The Morgan fingerprint density at radius 3 is 2.33 bits per heavy atom. The SMILES string of the molecule is CCOc1ccc(Oc2ccc(CC(C)N)cc2Cl)cc1. The van der Waals surface area contributed by atoms with Gasteiger partial charge >= 0.3 is 0 Å². The second kappa shape index (κ2) is 7.34. The van der Waals surface area contributed by atoms with Crippen molar-refractivity contribution in [2.75, 3.05) is 6.61 Å². The molecule has 0 bridgehead atoms. The van der Waals surface area contributed by atoms with Crippen LogP contribution in [0.2, 0.25) is 5.02 Å². The predicted octanol–water partition coefficient (Wildman–Crippen LogP) is 4.42. The molecule has 0 aliphatic carbocycles. The van der Waals surface area contributed by atoms with Gasteiger partial charge in [-0.25, -0.2) is 0 Å². The van der Waals surface area contributed by atoms with Gasteiger partial charge in [-0.1, -0.05) is 17.7 Å². The van der Waals surface area contributed by atoms with E-state index in [1.807, 2.05) is 56.3 Å². The maximum absolute atomic E-state index is 6.25. The molecule has 2 aromatic carbocycles. The maximum atomic E-state index is 6.25. The summed E-state index contributed by atoms with van der Waals surface area (Å²) in [6, 6.07) is 13.3. The van der Waals surface area contributed by atoms with E-state index >= 15 is 0 Å². The van der Waals surface area contributed by atoms with Gasteiger partial charge < -0.3 is 15.2 Å². The van der Waals surface area contributed by atoms with Crippen molar-refractivity contribution in [3.05, 3.63) is 53.1 Å². The van der Waals surface area contributed by atoms with Gasteiger partial charge in [-0.3, -0.25) is 0 Å². The largest absolute Gasteiger partial charge is 0.494 e. The summed E-state index contributed by atoms with van der Waals surface area (Å²) in [6.45, 7) is 4.57. The first-order valence-electron chi connectivity index (χ1n) is 7.03. The van der Waals surface area contributed by atoms with Gasteiger partial charge in [0.05, 0.1) is 11.6 Å². The molecule has 2 rings (SSSR count). The van der Waals surface area contributed by atoms with Crippen LogP contribution in [0, 0.1) is 0 Å². The molecule has 0 radical (unpaired) electrons. The first kappa shape index (κ1) is 15.7. The monoisotopic (exact) mass is 305 g/mol. The predicted molar refractivity (Wildman–Crippen MR) is 86.5 cm³/mol.